The van der Waals surface area contributed by atoms with Gasteiger partial charge >= 0.3 is 0 Å². The molecule has 1 saturated heterocycles. The molecule has 8 heteroatoms. The monoisotopic (exact) mass is 445 g/mol. The Bertz CT molecular complexity index is 985. The Balaban J connectivity index is 1.39. The molecule has 0 bridgehead atoms. The number of nitrogens with zero attached hydrogens (tertiary/aromatic N) is 3. The van der Waals surface area contributed by atoms with E-state index in [-0.39, 0.29) is 16.6 Å². The molecule has 0 spiro atoms. The summed E-state index contributed by atoms with van der Waals surface area (Å²) in [6.45, 7) is 1.88. The van der Waals surface area contributed by atoms with Gasteiger partial charge in [-0.25, -0.2) is 13.4 Å². The van der Waals surface area contributed by atoms with E-state index >= 15 is 0 Å². The molecule has 1 amide bonds. The van der Waals surface area contributed by atoms with Gasteiger partial charge in [0.1, 0.15) is 4.90 Å². The van der Waals surface area contributed by atoms with Crippen molar-refractivity contribution in [1.82, 2.24) is 9.29 Å². The van der Waals surface area contributed by atoms with Gasteiger partial charge in [0.25, 0.3) is 0 Å². The molecule has 4 rings (SSSR count). The van der Waals surface area contributed by atoms with Crippen LogP contribution in [0.2, 0.25) is 0 Å². The number of thioether (sulfide) groups is 1. The lowest BCUT2D eigenvalue weighted by Gasteiger charge is -2.29. The Morgan fingerprint density at radius 3 is 2.47 bits per heavy atom. The number of hydrogen-bond donors (Lipinski definition) is 0. The van der Waals surface area contributed by atoms with Crippen LogP contribution in [-0.4, -0.2) is 49.0 Å². The predicted molar refractivity (Wildman–Crippen MR) is 119 cm³/mol. The molecule has 6 nitrogen and oxygen atoms in total. The highest BCUT2D eigenvalue weighted by molar-refractivity contribution is 7.99. The first-order valence-electron chi connectivity index (χ1n) is 10.5. The number of fused-ring (bicyclic) bond motifs is 1. The molecule has 3 heterocycles. The van der Waals surface area contributed by atoms with E-state index in [0.29, 0.717) is 18.1 Å². The molecular formula is C22H27N3O3S2. The molecule has 2 aromatic rings. The molecule has 1 aromatic heterocycles. The zero-order chi connectivity index (χ0) is 21.0. The van der Waals surface area contributed by atoms with Gasteiger partial charge in [0.05, 0.1) is 10.8 Å². The van der Waals surface area contributed by atoms with Crippen LogP contribution in [0.3, 0.4) is 0 Å². The van der Waals surface area contributed by atoms with Crippen molar-refractivity contribution < 1.29 is 13.2 Å². The van der Waals surface area contributed by atoms with Crippen molar-refractivity contribution in [2.75, 3.05) is 30.3 Å². The Kier molecular flexibility index (Phi) is 6.75. The first-order chi connectivity index (χ1) is 14.6. The second-order valence-corrected chi connectivity index (χ2v) is 10.7. The molecule has 30 heavy (non-hydrogen) atoms. The van der Waals surface area contributed by atoms with Gasteiger partial charge in [-0.2, -0.15) is 4.31 Å². The number of hydrogen-bond acceptors (Lipinski definition) is 5. The summed E-state index contributed by atoms with van der Waals surface area (Å²) >= 11 is 1.34. The minimum atomic E-state index is -3.50. The van der Waals surface area contributed by atoms with E-state index in [4.69, 9.17) is 0 Å². The highest BCUT2D eigenvalue weighted by Crippen LogP contribution is 2.28. The second-order valence-electron chi connectivity index (χ2n) is 7.72. The summed E-state index contributed by atoms with van der Waals surface area (Å²) in [4.78, 5) is 19.2. The lowest BCUT2D eigenvalue weighted by molar-refractivity contribution is -0.116. The largest absolute Gasteiger partial charge is 0.311 e. The molecule has 2 aliphatic heterocycles. The maximum atomic E-state index is 12.9. The summed E-state index contributed by atoms with van der Waals surface area (Å²) in [5, 5.41) is 0.656. The first kappa shape index (κ1) is 21.3. The molecule has 0 atom stereocenters. The Morgan fingerprint density at radius 2 is 1.73 bits per heavy atom. The fourth-order valence-electron chi connectivity index (χ4n) is 4.04. The summed E-state index contributed by atoms with van der Waals surface area (Å²) in [6, 6.07) is 11.4. The van der Waals surface area contributed by atoms with Crippen molar-refractivity contribution in [3.8, 4) is 0 Å². The molecule has 0 aliphatic carbocycles. The molecule has 0 saturated carbocycles. The van der Waals surface area contributed by atoms with Gasteiger partial charge < -0.3 is 4.90 Å². The fraction of sp³-hybridized carbons (Fsp3) is 0.455. The minimum Gasteiger partial charge on any atom is -0.311 e. The van der Waals surface area contributed by atoms with Crippen LogP contribution in [0.15, 0.2) is 52.5 Å². The van der Waals surface area contributed by atoms with Crippen molar-refractivity contribution in [2.45, 2.75) is 48.4 Å². The summed E-state index contributed by atoms with van der Waals surface area (Å²) in [7, 11) is -3.50. The van der Waals surface area contributed by atoms with E-state index in [0.717, 1.165) is 50.8 Å². The van der Waals surface area contributed by atoms with Crippen LogP contribution < -0.4 is 4.90 Å². The average molecular weight is 446 g/mol. The second kappa shape index (κ2) is 9.49. The number of aryl methyl sites for hydroxylation is 1. The van der Waals surface area contributed by atoms with E-state index in [1.807, 2.05) is 23.1 Å². The summed E-state index contributed by atoms with van der Waals surface area (Å²) < 4.78 is 27.3. The number of benzene rings is 1. The van der Waals surface area contributed by atoms with Gasteiger partial charge in [-0.15, -0.1) is 0 Å². The number of anilines is 1. The van der Waals surface area contributed by atoms with Crippen LogP contribution in [0.25, 0.3) is 0 Å². The van der Waals surface area contributed by atoms with E-state index < -0.39 is 10.0 Å². The number of rotatable bonds is 5. The van der Waals surface area contributed by atoms with Gasteiger partial charge in [-0.05, 0) is 49.4 Å². The van der Waals surface area contributed by atoms with Crippen molar-refractivity contribution in [1.29, 1.82) is 0 Å². The predicted octanol–water partition coefficient (Wildman–Crippen LogP) is 3.72. The molecule has 1 aromatic carbocycles. The number of para-hydroxylation sites is 1. The van der Waals surface area contributed by atoms with Crippen molar-refractivity contribution >= 4 is 33.4 Å². The maximum Gasteiger partial charge on any atom is 0.244 e. The summed E-state index contributed by atoms with van der Waals surface area (Å²) in [6.07, 6.45) is 7.36. The SMILES string of the molecule is O=C(CSc1ccc(S(=O)(=O)N2CCCCCC2)cn1)N1CCCc2ccccc21. The normalized spacial score (nSPS) is 17.9. The van der Waals surface area contributed by atoms with E-state index in [2.05, 4.69) is 11.1 Å². The topological polar surface area (TPSA) is 70.6 Å². The third kappa shape index (κ3) is 4.71. The van der Waals surface area contributed by atoms with E-state index in [9.17, 15) is 13.2 Å². The van der Waals surface area contributed by atoms with Crippen LogP contribution in [0, 0.1) is 0 Å². The molecule has 1 fully saturated rings. The summed E-state index contributed by atoms with van der Waals surface area (Å²) in [5.41, 5.74) is 2.21. The molecule has 0 radical (unpaired) electrons. The van der Waals surface area contributed by atoms with Crippen LogP contribution in [0.4, 0.5) is 5.69 Å². The van der Waals surface area contributed by atoms with Crippen LogP contribution in [0.5, 0.6) is 0 Å². The molecule has 0 unspecified atom stereocenters. The van der Waals surface area contributed by atoms with E-state index in [1.54, 1.807) is 16.4 Å². The molecule has 160 valence electrons. The number of carbonyl (C=O) groups excluding carboxylic acids is 1. The zero-order valence-corrected chi connectivity index (χ0v) is 18.6. The Morgan fingerprint density at radius 1 is 0.967 bits per heavy atom. The fourth-order valence-corrected chi connectivity index (χ4v) is 6.22. The Hall–Kier alpha value is -1.90. The number of sulfonamides is 1. The number of aromatic nitrogens is 1. The highest BCUT2D eigenvalue weighted by Gasteiger charge is 2.26. The Labute approximate surface area is 182 Å². The lowest BCUT2D eigenvalue weighted by Crippen LogP contribution is -2.36. The average Bonchev–Trinajstić information content (AvgIpc) is 3.08. The number of pyridine rings is 1. The molecular weight excluding hydrogens is 418 g/mol. The third-order valence-electron chi connectivity index (χ3n) is 5.67. The van der Waals surface area contributed by atoms with Crippen LogP contribution in [0.1, 0.15) is 37.7 Å². The smallest absolute Gasteiger partial charge is 0.244 e. The zero-order valence-electron chi connectivity index (χ0n) is 17.0. The quantitative estimate of drug-likeness (QED) is 0.656. The number of amides is 1. The lowest BCUT2D eigenvalue weighted by atomic mass is 10.0. The standard InChI is InChI=1S/C22H27N3O3S2/c26-22(25-15-7-9-18-8-3-4-10-20(18)25)17-29-21-12-11-19(16-23-21)30(27,28)24-13-5-1-2-6-14-24/h3-4,8,10-12,16H,1-2,5-7,9,13-15,17H2. The van der Waals surface area contributed by atoms with Crippen molar-refractivity contribution in [2.24, 2.45) is 0 Å². The number of carbonyl (C=O) groups is 1. The highest BCUT2D eigenvalue weighted by atomic mass is 32.2. The van der Waals surface area contributed by atoms with Gasteiger partial charge in [0, 0.05) is 31.5 Å². The first-order valence-corrected chi connectivity index (χ1v) is 13.0. The van der Waals surface area contributed by atoms with Crippen LogP contribution >= 0.6 is 11.8 Å². The minimum absolute atomic E-state index is 0.0511. The van der Waals surface area contributed by atoms with Gasteiger partial charge in [0.15, 0.2) is 0 Å². The maximum absolute atomic E-state index is 12.9. The van der Waals surface area contributed by atoms with Crippen molar-refractivity contribution in [3.05, 3.63) is 48.2 Å². The van der Waals surface area contributed by atoms with Gasteiger partial charge in [0.2, 0.25) is 15.9 Å². The van der Waals surface area contributed by atoms with Gasteiger partial charge in [-0.1, -0.05) is 42.8 Å². The van der Waals surface area contributed by atoms with Gasteiger partial charge in [-0.3, -0.25) is 4.79 Å². The third-order valence-corrected chi connectivity index (χ3v) is 8.48. The van der Waals surface area contributed by atoms with Crippen LogP contribution in [-0.2, 0) is 21.2 Å². The summed E-state index contributed by atoms with van der Waals surface area (Å²) in [5.74, 6) is 0.328. The molecule has 2 aliphatic rings. The molecule has 0 N–H and O–H groups in total. The van der Waals surface area contributed by atoms with E-state index in [1.165, 1.54) is 23.5 Å². The van der Waals surface area contributed by atoms with Crippen molar-refractivity contribution in [3.63, 3.8) is 0 Å².